The van der Waals surface area contributed by atoms with Gasteiger partial charge in [-0.25, -0.2) is 18.4 Å². The first-order chi connectivity index (χ1) is 13.9. The number of carbonyl (C=O) groups excluding carboxylic acids is 1. The number of fused-ring (bicyclic) bond motifs is 1. The normalized spacial score (nSPS) is 11.0. The molecule has 1 N–H and O–H groups in total. The number of nitrogens with zero attached hydrogens (tertiary/aromatic N) is 3. The zero-order valence-electron chi connectivity index (χ0n) is 15.4. The van der Waals surface area contributed by atoms with Crippen LogP contribution in [0.15, 0.2) is 65.6 Å². The molecule has 6 nitrogen and oxygen atoms in total. The number of aromatic nitrogens is 3. The van der Waals surface area contributed by atoms with E-state index in [9.17, 15) is 18.4 Å². The Hall–Kier alpha value is -3.81. The van der Waals surface area contributed by atoms with E-state index in [1.165, 1.54) is 15.6 Å². The largest absolute Gasteiger partial charge is 0.322 e. The van der Waals surface area contributed by atoms with E-state index >= 15 is 0 Å². The number of pyridine rings is 1. The van der Waals surface area contributed by atoms with Gasteiger partial charge in [0, 0.05) is 12.3 Å². The molecule has 0 saturated carbocycles. The highest BCUT2D eigenvalue weighted by Gasteiger charge is 2.18. The number of hydrogen-bond donors (Lipinski definition) is 1. The highest BCUT2D eigenvalue weighted by atomic mass is 19.1. The third kappa shape index (κ3) is 3.52. The summed E-state index contributed by atoms with van der Waals surface area (Å²) in [6, 6.07) is 13.3. The van der Waals surface area contributed by atoms with E-state index in [-0.39, 0.29) is 17.8 Å². The first kappa shape index (κ1) is 18.5. The molecule has 0 spiro atoms. The molecule has 4 aromatic rings. The topological polar surface area (TPSA) is 68.9 Å². The second kappa shape index (κ2) is 7.31. The molecule has 0 bridgehead atoms. The third-order valence-electron chi connectivity index (χ3n) is 4.47. The van der Waals surface area contributed by atoms with Crippen LogP contribution in [0.2, 0.25) is 0 Å². The van der Waals surface area contributed by atoms with Gasteiger partial charge in [-0.1, -0.05) is 17.7 Å². The molecule has 146 valence electrons. The first-order valence-electron chi connectivity index (χ1n) is 8.82. The van der Waals surface area contributed by atoms with Crippen LogP contribution >= 0.6 is 0 Å². The molecule has 4 rings (SSSR count). The van der Waals surface area contributed by atoms with Crippen LogP contribution in [0.3, 0.4) is 0 Å². The van der Waals surface area contributed by atoms with Gasteiger partial charge in [0.15, 0.2) is 5.65 Å². The first-order valence-corrected chi connectivity index (χ1v) is 8.82. The van der Waals surface area contributed by atoms with Crippen LogP contribution in [0.4, 0.5) is 14.5 Å². The summed E-state index contributed by atoms with van der Waals surface area (Å²) in [4.78, 5) is 29.7. The van der Waals surface area contributed by atoms with Crippen molar-refractivity contribution in [3.63, 3.8) is 0 Å². The van der Waals surface area contributed by atoms with Crippen LogP contribution in [-0.2, 0) is 11.3 Å². The minimum Gasteiger partial charge on any atom is -0.322 e. The highest BCUT2D eigenvalue weighted by Crippen LogP contribution is 2.17. The van der Waals surface area contributed by atoms with Crippen molar-refractivity contribution in [1.82, 2.24) is 14.3 Å². The number of hydrogen-bond acceptors (Lipinski definition) is 3. The average Bonchev–Trinajstić information content (AvgIpc) is 2.98. The number of amides is 1. The van der Waals surface area contributed by atoms with Crippen LogP contribution < -0.4 is 10.9 Å². The average molecular weight is 394 g/mol. The van der Waals surface area contributed by atoms with Crippen molar-refractivity contribution in [2.45, 2.75) is 13.5 Å². The SMILES string of the molecule is Cc1ccc(-n2c(=O)c3cccnc3n2CC(=O)Nc2cc(F)ccc2F)cc1. The number of anilines is 1. The Morgan fingerprint density at radius 1 is 1.10 bits per heavy atom. The Labute approximate surface area is 164 Å². The maximum Gasteiger partial charge on any atom is 0.280 e. The number of carbonyl (C=O) groups is 1. The van der Waals surface area contributed by atoms with E-state index in [0.717, 1.165) is 23.8 Å². The van der Waals surface area contributed by atoms with Crippen LogP contribution in [-0.4, -0.2) is 20.3 Å². The van der Waals surface area contributed by atoms with E-state index in [2.05, 4.69) is 10.3 Å². The van der Waals surface area contributed by atoms with Gasteiger partial charge in [-0.05, 0) is 43.3 Å². The molecular formula is C21H16F2N4O2. The summed E-state index contributed by atoms with van der Waals surface area (Å²) in [7, 11) is 0. The molecule has 0 saturated heterocycles. The summed E-state index contributed by atoms with van der Waals surface area (Å²) in [6.45, 7) is 1.60. The zero-order valence-corrected chi connectivity index (χ0v) is 15.4. The zero-order chi connectivity index (χ0) is 20.5. The quantitative estimate of drug-likeness (QED) is 0.577. The predicted octanol–water partition coefficient (Wildman–Crippen LogP) is 3.41. The van der Waals surface area contributed by atoms with Crippen molar-refractivity contribution in [3.05, 3.63) is 88.3 Å². The lowest BCUT2D eigenvalue weighted by atomic mass is 10.2. The predicted molar refractivity (Wildman–Crippen MR) is 105 cm³/mol. The van der Waals surface area contributed by atoms with Crippen LogP contribution in [0.5, 0.6) is 0 Å². The summed E-state index contributed by atoms with van der Waals surface area (Å²) in [5.41, 5.74) is 1.28. The van der Waals surface area contributed by atoms with E-state index in [1.54, 1.807) is 24.3 Å². The van der Waals surface area contributed by atoms with Gasteiger partial charge in [-0.3, -0.25) is 14.3 Å². The number of halogens is 2. The third-order valence-corrected chi connectivity index (χ3v) is 4.47. The number of rotatable bonds is 4. The molecule has 8 heteroatoms. The van der Waals surface area contributed by atoms with Crippen molar-refractivity contribution in [2.75, 3.05) is 5.32 Å². The Bertz CT molecular complexity index is 1280. The standard InChI is InChI=1S/C21H16F2N4O2/c1-13-4-7-15(8-5-13)27-21(29)16-3-2-10-24-20(16)26(27)12-19(28)25-18-11-14(22)6-9-17(18)23/h2-11H,12H2,1H3,(H,25,28). The molecule has 2 aromatic heterocycles. The monoisotopic (exact) mass is 394 g/mol. The summed E-state index contributed by atoms with van der Waals surface area (Å²) in [5, 5.41) is 2.69. The van der Waals surface area contributed by atoms with Crippen LogP contribution in [0.1, 0.15) is 5.56 Å². The van der Waals surface area contributed by atoms with Crippen molar-refractivity contribution >= 4 is 22.6 Å². The molecule has 2 aromatic carbocycles. The maximum absolute atomic E-state index is 13.9. The Morgan fingerprint density at radius 2 is 1.86 bits per heavy atom. The van der Waals surface area contributed by atoms with Crippen molar-refractivity contribution in [3.8, 4) is 5.69 Å². The fraction of sp³-hybridized carbons (Fsp3) is 0.0952. The molecule has 0 aliphatic carbocycles. The summed E-state index contributed by atoms with van der Waals surface area (Å²) in [6.07, 6.45) is 1.52. The van der Waals surface area contributed by atoms with E-state index in [0.29, 0.717) is 16.7 Å². The lowest BCUT2D eigenvalue weighted by Gasteiger charge is -2.13. The Balaban J connectivity index is 1.77. The second-order valence-electron chi connectivity index (χ2n) is 6.56. The molecule has 0 aliphatic heterocycles. The molecular weight excluding hydrogens is 378 g/mol. The van der Waals surface area contributed by atoms with Gasteiger partial charge in [0.25, 0.3) is 5.56 Å². The smallest absolute Gasteiger partial charge is 0.280 e. The molecule has 0 unspecified atom stereocenters. The van der Waals surface area contributed by atoms with Gasteiger partial charge in [-0.15, -0.1) is 0 Å². The Morgan fingerprint density at radius 3 is 2.62 bits per heavy atom. The molecule has 2 heterocycles. The number of aryl methyl sites for hydroxylation is 1. The van der Waals surface area contributed by atoms with E-state index in [1.807, 2.05) is 19.1 Å². The fourth-order valence-corrected chi connectivity index (χ4v) is 3.10. The van der Waals surface area contributed by atoms with Crippen LogP contribution in [0, 0.1) is 18.6 Å². The van der Waals surface area contributed by atoms with Gasteiger partial charge < -0.3 is 5.32 Å². The minimum atomic E-state index is -0.758. The number of nitrogens with one attached hydrogen (secondary N) is 1. The van der Waals surface area contributed by atoms with Gasteiger partial charge in [-0.2, -0.15) is 0 Å². The lowest BCUT2D eigenvalue weighted by molar-refractivity contribution is -0.117. The highest BCUT2D eigenvalue weighted by molar-refractivity contribution is 5.91. The fourth-order valence-electron chi connectivity index (χ4n) is 3.10. The summed E-state index contributed by atoms with van der Waals surface area (Å²) in [5.74, 6) is -2.06. The molecule has 0 aliphatic rings. The van der Waals surface area contributed by atoms with E-state index in [4.69, 9.17) is 0 Å². The number of benzene rings is 2. The van der Waals surface area contributed by atoms with Gasteiger partial charge in [0.2, 0.25) is 5.91 Å². The van der Waals surface area contributed by atoms with Crippen molar-refractivity contribution < 1.29 is 13.6 Å². The van der Waals surface area contributed by atoms with E-state index < -0.39 is 17.5 Å². The molecule has 1 amide bonds. The van der Waals surface area contributed by atoms with Crippen LogP contribution in [0.25, 0.3) is 16.7 Å². The van der Waals surface area contributed by atoms with Crippen molar-refractivity contribution in [2.24, 2.45) is 0 Å². The molecule has 29 heavy (non-hydrogen) atoms. The molecule has 0 atom stereocenters. The van der Waals surface area contributed by atoms with Crippen molar-refractivity contribution in [1.29, 1.82) is 0 Å². The maximum atomic E-state index is 13.9. The molecule has 0 fully saturated rings. The van der Waals surface area contributed by atoms with Gasteiger partial charge in [0.05, 0.1) is 16.8 Å². The van der Waals surface area contributed by atoms with Gasteiger partial charge >= 0.3 is 0 Å². The lowest BCUT2D eigenvalue weighted by Crippen LogP contribution is -2.27. The summed E-state index contributed by atoms with van der Waals surface area (Å²) >= 11 is 0. The minimum absolute atomic E-state index is 0.274. The molecule has 0 radical (unpaired) electrons. The van der Waals surface area contributed by atoms with Gasteiger partial charge in [0.1, 0.15) is 18.2 Å². The Kier molecular flexibility index (Phi) is 4.67. The second-order valence-corrected chi connectivity index (χ2v) is 6.56. The summed E-state index contributed by atoms with van der Waals surface area (Å²) < 4.78 is 30.0.